The molecule has 30 heavy (non-hydrogen) atoms. The Hall–Kier alpha value is -2.07. The Kier molecular flexibility index (Phi) is 5.22. The highest BCUT2D eigenvalue weighted by molar-refractivity contribution is 7.88. The summed E-state index contributed by atoms with van der Waals surface area (Å²) >= 11 is 1.48. The predicted molar refractivity (Wildman–Crippen MR) is 117 cm³/mol. The molecule has 9 heteroatoms. The number of nitrogens with zero attached hydrogens (tertiary/aromatic N) is 3. The van der Waals surface area contributed by atoms with E-state index in [1.165, 1.54) is 23.2 Å². The zero-order valence-corrected chi connectivity index (χ0v) is 18.3. The largest absolute Gasteiger partial charge is 0.431 e. The summed E-state index contributed by atoms with van der Waals surface area (Å²) in [4.78, 5) is 11.2. The van der Waals surface area contributed by atoms with E-state index < -0.39 is 10.0 Å². The molecule has 2 aliphatic heterocycles. The molecule has 158 valence electrons. The molecular weight excluding hydrogens is 420 g/mol. The van der Waals surface area contributed by atoms with Crippen LogP contribution in [0.3, 0.4) is 0 Å². The van der Waals surface area contributed by atoms with Crippen LogP contribution < -0.4 is 9.46 Å². The average molecular weight is 445 g/mol. The Morgan fingerprint density at radius 2 is 1.90 bits per heavy atom. The maximum Gasteiger partial charge on any atom is 0.281 e. The molecule has 0 radical (unpaired) electrons. The van der Waals surface area contributed by atoms with Crippen LogP contribution in [0, 0.1) is 0 Å². The number of ether oxygens (including phenoxy) is 1. The van der Waals surface area contributed by atoms with E-state index in [0.717, 1.165) is 42.7 Å². The van der Waals surface area contributed by atoms with Crippen molar-refractivity contribution in [3.63, 3.8) is 0 Å². The van der Waals surface area contributed by atoms with Crippen molar-refractivity contribution in [3.8, 4) is 10.9 Å². The summed E-state index contributed by atoms with van der Waals surface area (Å²) < 4.78 is 32.9. The third kappa shape index (κ3) is 4.34. The zero-order chi connectivity index (χ0) is 20.7. The molecule has 7 nitrogen and oxygen atoms in total. The average Bonchev–Trinajstić information content (AvgIpc) is 3.19. The number of aromatic nitrogens is 2. The quantitative estimate of drug-likeness (QED) is 0.626. The molecule has 3 atom stereocenters. The fourth-order valence-electron chi connectivity index (χ4n) is 4.70. The molecule has 1 unspecified atom stereocenters. The zero-order valence-electron chi connectivity index (χ0n) is 16.7. The van der Waals surface area contributed by atoms with Gasteiger partial charge in [0.25, 0.3) is 5.19 Å². The van der Waals surface area contributed by atoms with E-state index in [-0.39, 0.29) is 6.04 Å². The van der Waals surface area contributed by atoms with Crippen LogP contribution in [-0.2, 0) is 16.6 Å². The van der Waals surface area contributed by atoms with Crippen LogP contribution in [0.5, 0.6) is 10.9 Å². The van der Waals surface area contributed by atoms with Crippen LogP contribution in [0.4, 0.5) is 0 Å². The number of piperidine rings is 1. The van der Waals surface area contributed by atoms with E-state index in [1.807, 2.05) is 24.3 Å². The van der Waals surface area contributed by atoms with Crippen LogP contribution in [-0.4, -0.2) is 47.7 Å². The first kappa shape index (κ1) is 19.9. The van der Waals surface area contributed by atoms with Gasteiger partial charge in [0.05, 0.1) is 11.0 Å². The van der Waals surface area contributed by atoms with E-state index in [2.05, 4.69) is 31.7 Å². The first-order valence-corrected chi connectivity index (χ1v) is 12.9. The van der Waals surface area contributed by atoms with Crippen molar-refractivity contribution in [1.82, 2.24) is 19.6 Å². The van der Waals surface area contributed by atoms with Crippen molar-refractivity contribution in [2.45, 2.75) is 50.4 Å². The van der Waals surface area contributed by atoms with E-state index in [9.17, 15) is 8.42 Å². The van der Waals surface area contributed by atoms with Gasteiger partial charge in [0, 0.05) is 30.9 Å². The Bertz CT molecular complexity index is 1100. The standard InChI is InChI=1S/C21H24N4O3S2/c1-30(26,27)24-15-11-16-6-7-17(12-15)25(16)13-14-4-8-18(9-5-14)28-21-23-20-19(29-21)3-2-10-22-20/h2-5,8-10,15-17,24H,6-7,11-13H2,1H3/t15-,16+,17?/m1/s1. The van der Waals surface area contributed by atoms with Crippen LogP contribution in [0.1, 0.15) is 31.2 Å². The van der Waals surface area contributed by atoms with Crippen LogP contribution in [0.25, 0.3) is 10.3 Å². The molecule has 2 bridgehead atoms. The van der Waals surface area contributed by atoms with E-state index in [1.54, 1.807) is 6.20 Å². The second-order valence-electron chi connectivity index (χ2n) is 8.17. The van der Waals surface area contributed by atoms with Crippen LogP contribution >= 0.6 is 11.3 Å². The van der Waals surface area contributed by atoms with Crippen molar-refractivity contribution in [3.05, 3.63) is 48.2 Å². The third-order valence-electron chi connectivity index (χ3n) is 5.90. The lowest BCUT2D eigenvalue weighted by atomic mass is 9.97. The highest BCUT2D eigenvalue weighted by Crippen LogP contribution is 2.37. The minimum Gasteiger partial charge on any atom is -0.431 e. The third-order valence-corrected chi connectivity index (χ3v) is 7.55. The van der Waals surface area contributed by atoms with Crippen molar-refractivity contribution in [1.29, 1.82) is 0 Å². The van der Waals surface area contributed by atoms with Gasteiger partial charge in [-0.15, -0.1) is 0 Å². The molecule has 3 aromatic rings. The normalized spacial score (nSPS) is 24.4. The number of fused-ring (bicyclic) bond motifs is 3. The number of rotatable bonds is 6. The van der Waals surface area contributed by atoms with Gasteiger partial charge in [-0.2, -0.15) is 4.98 Å². The molecule has 2 aliphatic rings. The van der Waals surface area contributed by atoms with Gasteiger partial charge in [-0.1, -0.05) is 23.5 Å². The number of benzene rings is 1. The lowest BCUT2D eigenvalue weighted by Gasteiger charge is -2.39. The number of sulfonamides is 1. The molecule has 0 saturated carbocycles. The molecule has 1 N–H and O–H groups in total. The van der Waals surface area contributed by atoms with Gasteiger partial charge in [0.2, 0.25) is 10.0 Å². The Morgan fingerprint density at radius 1 is 1.17 bits per heavy atom. The summed E-state index contributed by atoms with van der Waals surface area (Å²) in [6, 6.07) is 13.0. The van der Waals surface area contributed by atoms with Gasteiger partial charge < -0.3 is 4.74 Å². The van der Waals surface area contributed by atoms with Crippen LogP contribution in [0.15, 0.2) is 42.6 Å². The highest BCUT2D eigenvalue weighted by Gasteiger charge is 2.41. The molecule has 5 rings (SSSR count). The van der Waals surface area contributed by atoms with Crippen molar-refractivity contribution in [2.75, 3.05) is 6.26 Å². The molecule has 0 amide bonds. The molecule has 1 aromatic carbocycles. The first-order valence-electron chi connectivity index (χ1n) is 10.1. The summed E-state index contributed by atoms with van der Waals surface area (Å²) in [6.45, 7) is 0.881. The lowest BCUT2D eigenvalue weighted by molar-refractivity contribution is 0.116. The molecule has 0 spiro atoms. The van der Waals surface area contributed by atoms with Crippen LogP contribution in [0.2, 0.25) is 0 Å². The van der Waals surface area contributed by atoms with Gasteiger partial charge in [0.1, 0.15) is 5.75 Å². The fraction of sp³-hybridized carbons (Fsp3) is 0.429. The molecule has 4 heterocycles. The van der Waals surface area contributed by atoms with E-state index in [4.69, 9.17) is 4.74 Å². The van der Waals surface area contributed by atoms with E-state index >= 15 is 0 Å². The molecule has 0 aliphatic carbocycles. The summed E-state index contributed by atoms with van der Waals surface area (Å²) in [7, 11) is -3.15. The number of pyridine rings is 1. The van der Waals surface area contributed by atoms with Gasteiger partial charge >= 0.3 is 0 Å². The number of hydrogen-bond acceptors (Lipinski definition) is 7. The first-order chi connectivity index (χ1) is 14.4. The Balaban J connectivity index is 1.22. The second-order valence-corrected chi connectivity index (χ2v) is 10.9. The SMILES string of the molecule is CS(=O)(=O)N[C@H]1CC2CC[C@@H](C1)N2Cc1ccc(Oc2nc3ncccc3s2)cc1. The summed E-state index contributed by atoms with van der Waals surface area (Å²) in [5, 5.41) is 0.593. The second kappa shape index (κ2) is 7.88. The lowest BCUT2D eigenvalue weighted by Crippen LogP contribution is -2.49. The monoisotopic (exact) mass is 444 g/mol. The Morgan fingerprint density at radius 3 is 2.57 bits per heavy atom. The number of hydrogen-bond donors (Lipinski definition) is 1. The fourth-order valence-corrected chi connectivity index (χ4v) is 6.29. The van der Waals surface area contributed by atoms with Gasteiger partial charge in [-0.3, -0.25) is 4.90 Å². The smallest absolute Gasteiger partial charge is 0.281 e. The summed E-state index contributed by atoms with van der Waals surface area (Å²) in [5.41, 5.74) is 1.94. The summed E-state index contributed by atoms with van der Waals surface area (Å²) in [6.07, 6.45) is 7.02. The summed E-state index contributed by atoms with van der Waals surface area (Å²) in [5.74, 6) is 0.761. The number of nitrogens with one attached hydrogen (secondary N) is 1. The molecule has 2 fully saturated rings. The van der Waals surface area contributed by atoms with Gasteiger partial charge in [0.15, 0.2) is 5.65 Å². The van der Waals surface area contributed by atoms with Crippen molar-refractivity contribution < 1.29 is 13.2 Å². The predicted octanol–water partition coefficient (Wildman–Crippen LogP) is 3.53. The van der Waals surface area contributed by atoms with Crippen molar-refractivity contribution >= 4 is 31.7 Å². The minimum atomic E-state index is -3.15. The van der Waals surface area contributed by atoms with Gasteiger partial charge in [-0.25, -0.2) is 18.1 Å². The van der Waals surface area contributed by atoms with Crippen molar-refractivity contribution in [2.24, 2.45) is 0 Å². The topological polar surface area (TPSA) is 84.4 Å². The molecular formula is C21H24N4O3S2. The minimum absolute atomic E-state index is 0.0628. The molecule has 2 aromatic heterocycles. The Labute approximate surface area is 180 Å². The number of thiazole rings is 1. The maximum atomic E-state index is 11.6. The highest BCUT2D eigenvalue weighted by atomic mass is 32.2. The van der Waals surface area contributed by atoms with E-state index in [0.29, 0.717) is 22.9 Å². The maximum absolute atomic E-state index is 11.6. The van der Waals surface area contributed by atoms with Gasteiger partial charge in [-0.05, 0) is 55.5 Å². The molecule has 2 saturated heterocycles.